The van der Waals surface area contributed by atoms with Crippen LogP contribution in [0.2, 0.25) is 0 Å². The van der Waals surface area contributed by atoms with Crippen molar-refractivity contribution in [3.05, 3.63) is 87.9 Å². The van der Waals surface area contributed by atoms with E-state index in [9.17, 15) is 10.1 Å². The Morgan fingerprint density at radius 3 is 2.64 bits per heavy atom. The molecule has 1 heterocycles. The maximum Gasteiger partial charge on any atom is 0.252 e. The second kappa shape index (κ2) is 7.87. The zero-order valence-corrected chi connectivity index (χ0v) is 16.6. The molecule has 28 heavy (non-hydrogen) atoms. The molecule has 0 radical (unpaired) electrons. The van der Waals surface area contributed by atoms with Crippen LogP contribution in [-0.2, 0) is 0 Å². The third-order valence-corrected chi connectivity index (χ3v) is 5.32. The van der Waals surface area contributed by atoms with Crippen LogP contribution in [0.25, 0.3) is 11.1 Å². The molecule has 0 fully saturated rings. The summed E-state index contributed by atoms with van der Waals surface area (Å²) >= 11 is 3.49. The number of ether oxygens (including phenoxy) is 1. The predicted octanol–water partition coefficient (Wildman–Crippen LogP) is 5.24. The van der Waals surface area contributed by atoms with Gasteiger partial charge in [0, 0.05) is 27.6 Å². The maximum absolute atomic E-state index is 13.2. The summed E-state index contributed by atoms with van der Waals surface area (Å²) in [6, 6.07) is 22.6. The number of amides is 1. The van der Waals surface area contributed by atoms with Crippen molar-refractivity contribution in [3.8, 4) is 22.9 Å². The van der Waals surface area contributed by atoms with Gasteiger partial charge in [-0.15, -0.1) is 0 Å². The summed E-state index contributed by atoms with van der Waals surface area (Å²) in [6.07, 6.45) is 0.701. The molecule has 0 saturated carbocycles. The van der Waals surface area contributed by atoms with E-state index in [4.69, 9.17) is 4.74 Å². The topological polar surface area (TPSA) is 62.1 Å². The normalized spacial score (nSPS) is 15.1. The van der Waals surface area contributed by atoms with Crippen molar-refractivity contribution < 1.29 is 9.53 Å². The van der Waals surface area contributed by atoms with Crippen LogP contribution < -0.4 is 10.1 Å². The molecular formula is C23H17BrN2O2. The quantitative estimate of drug-likeness (QED) is 0.615. The van der Waals surface area contributed by atoms with Gasteiger partial charge in [-0.05, 0) is 35.9 Å². The van der Waals surface area contributed by atoms with E-state index in [0.717, 1.165) is 26.9 Å². The number of rotatable bonds is 3. The predicted molar refractivity (Wildman–Crippen MR) is 111 cm³/mol. The van der Waals surface area contributed by atoms with Crippen LogP contribution in [0.1, 0.15) is 33.9 Å². The number of carbonyl (C=O) groups is 1. The molecule has 4 rings (SSSR count). The van der Waals surface area contributed by atoms with Crippen molar-refractivity contribution in [2.24, 2.45) is 0 Å². The Labute approximate surface area is 171 Å². The number of nitrogens with one attached hydrogen (secondary N) is 1. The first kappa shape index (κ1) is 18.3. The highest BCUT2D eigenvalue weighted by Crippen LogP contribution is 2.35. The summed E-state index contributed by atoms with van der Waals surface area (Å²) in [5, 5.41) is 12.6. The average Bonchev–Trinajstić information content (AvgIpc) is 2.74. The lowest BCUT2D eigenvalue weighted by Crippen LogP contribution is -2.32. The standard InChI is InChI=1S/C23H17BrN2O2/c24-16-9-10-22-20(13-16)21(11-12-28-22)26-23(27)19-8-4-3-7-18(19)17-6-2-1-5-15(17)14-25/h1-10,13,21H,11-12H2,(H,26,27). The Balaban J connectivity index is 1.68. The number of fused-ring (bicyclic) bond motifs is 1. The molecule has 1 amide bonds. The highest BCUT2D eigenvalue weighted by molar-refractivity contribution is 9.10. The lowest BCUT2D eigenvalue weighted by molar-refractivity contribution is 0.0925. The largest absolute Gasteiger partial charge is 0.493 e. The van der Waals surface area contributed by atoms with Crippen LogP contribution >= 0.6 is 15.9 Å². The lowest BCUT2D eigenvalue weighted by Gasteiger charge is -2.27. The van der Waals surface area contributed by atoms with E-state index in [1.54, 1.807) is 12.1 Å². The number of benzene rings is 3. The molecule has 1 aliphatic rings. The van der Waals surface area contributed by atoms with E-state index in [0.29, 0.717) is 24.2 Å². The minimum Gasteiger partial charge on any atom is -0.493 e. The van der Waals surface area contributed by atoms with Crippen molar-refractivity contribution in [1.82, 2.24) is 5.32 Å². The summed E-state index contributed by atoms with van der Waals surface area (Å²) in [5.74, 6) is 0.629. The Bertz CT molecular complexity index is 1090. The van der Waals surface area contributed by atoms with E-state index in [1.165, 1.54) is 0 Å². The number of hydrogen-bond donors (Lipinski definition) is 1. The first-order valence-electron chi connectivity index (χ1n) is 8.99. The molecule has 138 valence electrons. The van der Waals surface area contributed by atoms with Crippen LogP contribution in [0.15, 0.2) is 71.2 Å². The molecule has 1 N–H and O–H groups in total. The molecule has 3 aromatic rings. The minimum atomic E-state index is -0.166. The summed E-state index contributed by atoms with van der Waals surface area (Å²) in [4.78, 5) is 13.2. The summed E-state index contributed by atoms with van der Waals surface area (Å²) in [7, 11) is 0. The highest BCUT2D eigenvalue weighted by atomic mass is 79.9. The Morgan fingerprint density at radius 2 is 1.82 bits per heavy atom. The lowest BCUT2D eigenvalue weighted by atomic mass is 9.94. The number of halogens is 1. The molecule has 0 aliphatic carbocycles. The number of hydrogen-bond acceptors (Lipinski definition) is 3. The van der Waals surface area contributed by atoms with E-state index in [-0.39, 0.29) is 11.9 Å². The van der Waals surface area contributed by atoms with Crippen molar-refractivity contribution >= 4 is 21.8 Å². The molecule has 0 spiro atoms. The minimum absolute atomic E-state index is 0.131. The Kier molecular flexibility index (Phi) is 5.14. The SMILES string of the molecule is N#Cc1ccccc1-c1ccccc1C(=O)NC1CCOc2ccc(Br)cc21. The zero-order valence-electron chi connectivity index (χ0n) is 15.0. The fourth-order valence-corrected chi connectivity index (χ4v) is 3.86. The van der Waals surface area contributed by atoms with E-state index in [2.05, 4.69) is 27.3 Å². The van der Waals surface area contributed by atoms with Gasteiger partial charge >= 0.3 is 0 Å². The smallest absolute Gasteiger partial charge is 0.252 e. The fraction of sp³-hybridized carbons (Fsp3) is 0.130. The fourth-order valence-electron chi connectivity index (χ4n) is 3.48. The summed E-state index contributed by atoms with van der Waals surface area (Å²) in [6.45, 7) is 0.554. The van der Waals surface area contributed by atoms with Gasteiger partial charge in [0.15, 0.2) is 0 Å². The summed E-state index contributed by atoms with van der Waals surface area (Å²) < 4.78 is 6.65. The van der Waals surface area contributed by atoms with Gasteiger partial charge < -0.3 is 10.1 Å². The van der Waals surface area contributed by atoms with Crippen LogP contribution in [0.5, 0.6) is 5.75 Å². The van der Waals surface area contributed by atoms with Crippen LogP contribution in [0.4, 0.5) is 0 Å². The molecular weight excluding hydrogens is 416 g/mol. The monoisotopic (exact) mass is 432 g/mol. The van der Waals surface area contributed by atoms with E-state index in [1.807, 2.05) is 54.6 Å². The Morgan fingerprint density at radius 1 is 1.07 bits per heavy atom. The van der Waals surface area contributed by atoms with Gasteiger partial charge in [0.2, 0.25) is 0 Å². The Hall–Kier alpha value is -3.10. The number of carbonyl (C=O) groups excluding carboxylic acids is 1. The number of nitrogens with zero attached hydrogens (tertiary/aromatic N) is 1. The van der Waals surface area contributed by atoms with E-state index >= 15 is 0 Å². The molecule has 1 atom stereocenters. The second-order valence-electron chi connectivity index (χ2n) is 6.55. The van der Waals surface area contributed by atoms with Crippen LogP contribution in [0.3, 0.4) is 0 Å². The molecule has 0 aromatic heterocycles. The van der Waals surface area contributed by atoms with Crippen molar-refractivity contribution in [1.29, 1.82) is 5.26 Å². The van der Waals surface area contributed by atoms with Gasteiger partial charge in [-0.25, -0.2) is 0 Å². The van der Waals surface area contributed by atoms with Crippen LogP contribution in [-0.4, -0.2) is 12.5 Å². The van der Waals surface area contributed by atoms with Crippen molar-refractivity contribution in [2.45, 2.75) is 12.5 Å². The molecule has 1 aliphatic heterocycles. The van der Waals surface area contributed by atoms with Crippen molar-refractivity contribution in [3.63, 3.8) is 0 Å². The average molecular weight is 433 g/mol. The maximum atomic E-state index is 13.2. The third kappa shape index (κ3) is 3.51. The molecule has 4 nitrogen and oxygen atoms in total. The van der Waals surface area contributed by atoms with Gasteiger partial charge in [-0.1, -0.05) is 52.3 Å². The first-order valence-corrected chi connectivity index (χ1v) is 9.78. The molecule has 0 bridgehead atoms. The second-order valence-corrected chi connectivity index (χ2v) is 7.46. The molecule has 3 aromatic carbocycles. The molecule has 0 saturated heterocycles. The zero-order chi connectivity index (χ0) is 19.5. The first-order chi connectivity index (χ1) is 13.7. The number of nitriles is 1. The molecule has 5 heteroatoms. The van der Waals surface area contributed by atoms with Gasteiger partial charge in [0.05, 0.1) is 24.3 Å². The highest BCUT2D eigenvalue weighted by Gasteiger charge is 2.25. The van der Waals surface area contributed by atoms with Gasteiger partial charge in [-0.2, -0.15) is 5.26 Å². The van der Waals surface area contributed by atoms with Crippen LogP contribution in [0, 0.1) is 11.3 Å². The van der Waals surface area contributed by atoms with Crippen molar-refractivity contribution in [2.75, 3.05) is 6.61 Å². The van der Waals surface area contributed by atoms with Gasteiger partial charge in [-0.3, -0.25) is 4.79 Å². The third-order valence-electron chi connectivity index (χ3n) is 4.83. The van der Waals surface area contributed by atoms with E-state index < -0.39 is 0 Å². The van der Waals surface area contributed by atoms with Gasteiger partial charge in [0.1, 0.15) is 5.75 Å². The molecule has 1 unspecified atom stereocenters. The summed E-state index contributed by atoms with van der Waals surface area (Å²) in [5.41, 5.74) is 3.56. The van der Waals surface area contributed by atoms with Gasteiger partial charge in [0.25, 0.3) is 5.91 Å².